The van der Waals surface area contributed by atoms with Gasteiger partial charge in [-0.15, -0.1) is 0 Å². The van der Waals surface area contributed by atoms with Crippen LogP contribution in [0.4, 0.5) is 49.7 Å². The van der Waals surface area contributed by atoms with Crippen molar-refractivity contribution in [2.45, 2.75) is 101 Å². The average Bonchev–Trinajstić information content (AvgIpc) is 3.77. The summed E-state index contributed by atoms with van der Waals surface area (Å²) in [5, 5.41) is 10.4. The van der Waals surface area contributed by atoms with Gasteiger partial charge in [0.15, 0.2) is 11.5 Å². The second-order valence-electron chi connectivity index (χ2n) is 18.9. The van der Waals surface area contributed by atoms with E-state index in [2.05, 4.69) is 25.2 Å². The van der Waals surface area contributed by atoms with Crippen LogP contribution in [0, 0.1) is 24.5 Å². The van der Waals surface area contributed by atoms with Crippen molar-refractivity contribution in [1.82, 2.24) is 44.3 Å². The molecular formula is C45H41ClF10N10O4S. The van der Waals surface area contributed by atoms with E-state index in [9.17, 15) is 48.3 Å². The van der Waals surface area contributed by atoms with Crippen molar-refractivity contribution in [2.24, 2.45) is 5.92 Å². The van der Waals surface area contributed by atoms with Gasteiger partial charge >= 0.3 is 0 Å². The number of anilines is 1. The first-order valence-electron chi connectivity index (χ1n) is 22.4. The molecule has 4 aliphatic rings. The van der Waals surface area contributed by atoms with E-state index in [-0.39, 0.29) is 87.5 Å². The lowest BCUT2D eigenvalue weighted by atomic mass is 9.84. The molecule has 0 unspecified atom stereocenters. The number of aromatic nitrogens is 7. The molecule has 4 aromatic heterocycles. The third kappa shape index (κ3) is 9.09. The number of aryl methyl sites for hydroxylation is 1. The number of benzene rings is 2. The minimum atomic E-state index is -4.10. The molecule has 1 amide bonds. The fourth-order valence-electron chi connectivity index (χ4n) is 10.4. The van der Waals surface area contributed by atoms with E-state index in [4.69, 9.17) is 16.6 Å². The first kappa shape index (κ1) is 48.8. The first-order chi connectivity index (χ1) is 33.3. The summed E-state index contributed by atoms with van der Waals surface area (Å²) in [7, 11) is -4.10. The number of amides is 1. The van der Waals surface area contributed by atoms with Crippen molar-refractivity contribution < 1.29 is 57.1 Å². The molecule has 0 spiro atoms. The molecule has 3 atom stereocenters. The van der Waals surface area contributed by atoms with Crippen molar-refractivity contribution in [3.8, 4) is 5.69 Å². The monoisotopic (exact) mass is 1040 g/mol. The minimum absolute atomic E-state index is 0.0231. The third-order valence-corrected chi connectivity index (χ3v) is 14.5. The van der Waals surface area contributed by atoms with Crippen LogP contribution in [-0.4, -0.2) is 91.1 Å². The van der Waals surface area contributed by atoms with Crippen molar-refractivity contribution in [2.75, 3.05) is 30.6 Å². The fraction of sp³-hybridized carbons (Fsp3) is 0.467. The molecule has 3 aliphatic carbocycles. The minimum Gasteiger partial charge on any atom is -0.344 e. The number of rotatable bonds is 14. The fourth-order valence-corrected chi connectivity index (χ4v) is 11.1. The van der Waals surface area contributed by atoms with Gasteiger partial charge in [0.25, 0.3) is 23.8 Å². The van der Waals surface area contributed by atoms with E-state index < -0.39 is 137 Å². The average molecular weight is 1040 g/mol. The Bertz CT molecular complexity index is 3330. The van der Waals surface area contributed by atoms with Crippen molar-refractivity contribution in [1.29, 1.82) is 0 Å². The van der Waals surface area contributed by atoms with Gasteiger partial charge in [0.05, 0.1) is 58.9 Å². The highest BCUT2D eigenvalue weighted by molar-refractivity contribution is 7.92. The largest absolute Gasteiger partial charge is 0.344 e. The molecule has 2 N–H and O–H groups in total. The number of hydrogen-bond donors (Lipinski definition) is 2. The van der Waals surface area contributed by atoms with Gasteiger partial charge in [-0.2, -0.15) is 19.0 Å². The molecule has 10 rings (SSSR count). The van der Waals surface area contributed by atoms with E-state index in [1.54, 1.807) is 13.0 Å². The molecule has 5 heterocycles. The number of fused-ring (bicyclic) bond motifs is 5. The Morgan fingerprint density at radius 2 is 1.61 bits per heavy atom. The highest BCUT2D eigenvalue weighted by atomic mass is 35.5. The Morgan fingerprint density at radius 3 is 2.25 bits per heavy atom. The summed E-state index contributed by atoms with van der Waals surface area (Å²) in [6.07, 6.45) is -3.96. The van der Waals surface area contributed by atoms with E-state index in [1.807, 2.05) is 0 Å². The molecular weight excluding hydrogens is 1000 g/mol. The first-order valence-corrected chi connectivity index (χ1v) is 24.6. The summed E-state index contributed by atoms with van der Waals surface area (Å²) in [6, 6.07) is 4.82. The zero-order valence-corrected chi connectivity index (χ0v) is 39.0. The Hall–Kier alpha value is -5.82. The van der Waals surface area contributed by atoms with Crippen LogP contribution in [0.15, 0.2) is 41.2 Å². The number of halogens is 11. The van der Waals surface area contributed by atoms with Crippen LogP contribution in [0.1, 0.15) is 96.0 Å². The Kier molecular flexibility index (Phi) is 11.8. The molecule has 378 valence electrons. The summed E-state index contributed by atoms with van der Waals surface area (Å²) >= 11 is 6.76. The zero-order chi connectivity index (χ0) is 50.9. The molecule has 3 fully saturated rings. The molecule has 6 aromatic rings. The quantitative estimate of drug-likeness (QED) is 0.102. The normalized spacial score (nSPS) is 20.8. The second kappa shape index (κ2) is 17.2. The summed E-state index contributed by atoms with van der Waals surface area (Å²) in [5.74, 6) is -16.2. The summed E-state index contributed by atoms with van der Waals surface area (Å²) < 4.78 is 177. The van der Waals surface area contributed by atoms with Gasteiger partial charge in [-0.25, -0.2) is 53.5 Å². The number of nitrogens with one attached hydrogen (secondary N) is 2. The number of carbonyl (C=O) groups is 1. The van der Waals surface area contributed by atoms with Crippen molar-refractivity contribution >= 4 is 55.3 Å². The topological polar surface area (TPSA) is 162 Å². The molecule has 14 nitrogen and oxygen atoms in total. The lowest BCUT2D eigenvalue weighted by molar-refractivity contribution is -0.131. The van der Waals surface area contributed by atoms with Gasteiger partial charge in [0, 0.05) is 55.0 Å². The molecule has 1 saturated heterocycles. The summed E-state index contributed by atoms with van der Waals surface area (Å²) in [5.41, 5.74) is -3.10. The predicted octanol–water partition coefficient (Wildman–Crippen LogP) is 8.43. The van der Waals surface area contributed by atoms with Crippen LogP contribution in [0.2, 0.25) is 5.02 Å². The molecule has 2 saturated carbocycles. The van der Waals surface area contributed by atoms with E-state index in [1.165, 1.54) is 21.7 Å². The maximum Gasteiger partial charge on any atom is 0.293 e. The van der Waals surface area contributed by atoms with Crippen LogP contribution < -0.4 is 15.6 Å². The second-order valence-corrected chi connectivity index (χ2v) is 21.0. The molecule has 0 bridgehead atoms. The smallest absolute Gasteiger partial charge is 0.293 e. The highest BCUT2D eigenvalue weighted by Crippen LogP contribution is 2.68. The Labute approximate surface area is 401 Å². The maximum atomic E-state index is 15.7. The van der Waals surface area contributed by atoms with Gasteiger partial charge in [0.2, 0.25) is 21.9 Å². The van der Waals surface area contributed by atoms with Crippen molar-refractivity contribution in [3.05, 3.63) is 103 Å². The third-order valence-electron chi connectivity index (χ3n) is 13.6. The van der Waals surface area contributed by atoms with E-state index in [0.717, 1.165) is 23.0 Å². The van der Waals surface area contributed by atoms with Crippen LogP contribution in [-0.2, 0) is 40.3 Å². The van der Waals surface area contributed by atoms with Crippen LogP contribution in [0.3, 0.4) is 0 Å². The van der Waals surface area contributed by atoms with Crippen LogP contribution >= 0.6 is 11.6 Å². The number of sulfonamides is 1. The molecule has 0 radical (unpaired) electrons. The zero-order valence-electron chi connectivity index (χ0n) is 37.4. The highest BCUT2D eigenvalue weighted by Gasteiger charge is 2.67. The van der Waals surface area contributed by atoms with Gasteiger partial charge in [-0.05, 0) is 73.6 Å². The standard InChI is InChI=1S/C45H41ClF10N10O4S/c1-20-11-28(22-5-7-43(51,52)8-6-22)58-39-32(20)42(68)66(30-4-3-27(46)34-36(30)64(61-40(34)62-71(2,69)70)10-9-63-18-44(53,54)19-63)41(59-39)29(14-21-12-23(47)15-24(48)13-21)57-31(67)17-65-37-33(35(60-65)38(49)50)25-16-26(25)45(37,55)56/h3-4,11-13,15,22,25-26,29,38H,5-10,14,16-19H2,1-2H3,(H,57,67)(H,61,62)/t25-,26+,29-/m0/s1. The lowest BCUT2D eigenvalue weighted by Gasteiger charge is -2.38. The number of pyridine rings is 1. The summed E-state index contributed by atoms with van der Waals surface area (Å²) in [6.45, 7) is -1.02. The van der Waals surface area contributed by atoms with Gasteiger partial charge < -0.3 is 5.32 Å². The molecule has 1 aliphatic heterocycles. The number of likely N-dealkylation sites (tertiary alicyclic amines) is 1. The maximum absolute atomic E-state index is 15.7. The van der Waals surface area contributed by atoms with Gasteiger partial charge in [-0.3, -0.25) is 33.1 Å². The lowest BCUT2D eigenvalue weighted by Crippen LogP contribution is -2.56. The predicted molar refractivity (Wildman–Crippen MR) is 237 cm³/mol. The number of hydrogen-bond acceptors (Lipinski definition) is 9. The van der Waals surface area contributed by atoms with E-state index >= 15 is 13.6 Å². The molecule has 71 heavy (non-hydrogen) atoms. The van der Waals surface area contributed by atoms with Gasteiger partial charge in [0.1, 0.15) is 35.4 Å². The Balaban J connectivity index is 1.18. The molecule has 26 heteroatoms. The molecule has 2 aromatic carbocycles. The number of carbonyl (C=O) groups excluding carboxylic acids is 1. The summed E-state index contributed by atoms with van der Waals surface area (Å²) in [4.78, 5) is 40.7. The Morgan fingerprint density at radius 1 is 0.915 bits per heavy atom. The van der Waals surface area contributed by atoms with Crippen LogP contribution in [0.5, 0.6) is 0 Å². The van der Waals surface area contributed by atoms with E-state index in [0.29, 0.717) is 16.4 Å². The number of nitrogens with zero attached hydrogens (tertiary/aromatic N) is 8. The SMILES string of the molecule is Cc1cc(C2CCC(F)(F)CC2)nc2nc([C@H](Cc3cc(F)cc(F)c3)NC(=O)Cn3nc(C(F)F)c4c3C(F)(F)[C@@H]3C[C@H]43)n(-c3ccc(Cl)c4c(NS(C)(=O)=O)nn(CCN5CC(F)(F)C5)c34)c(=O)c12. The van der Waals surface area contributed by atoms with Crippen molar-refractivity contribution in [3.63, 3.8) is 0 Å². The van der Waals surface area contributed by atoms with Gasteiger partial charge in [-0.1, -0.05) is 11.6 Å². The van der Waals surface area contributed by atoms with Crippen LogP contribution in [0.25, 0.3) is 27.6 Å². The number of alkyl halides is 8.